The number of rotatable bonds is 16. The molecule has 2 amide bonds. The number of ether oxygens (including phenoxy) is 1. The molecular weight excluding hydrogens is 618 g/mol. The van der Waals surface area contributed by atoms with Crippen LogP contribution in [0.5, 0.6) is 5.75 Å². The molecule has 0 radical (unpaired) electrons. The Bertz CT molecular complexity index is 1420. The molecule has 0 aliphatic rings. The average Bonchev–Trinajstić information content (AvgIpc) is 2.96. The Morgan fingerprint density at radius 1 is 0.952 bits per heavy atom. The fraction of sp³-hybridized carbons (Fsp3) is 0.375. The molecule has 0 saturated heterocycles. The molecule has 3 aromatic carbocycles. The monoisotopic (exact) mass is 657 g/mol. The van der Waals surface area contributed by atoms with Crippen molar-refractivity contribution in [1.29, 1.82) is 0 Å². The van der Waals surface area contributed by atoms with Crippen LogP contribution in [0.4, 0.5) is 5.69 Å². The van der Waals surface area contributed by atoms with Crippen molar-refractivity contribution in [3.8, 4) is 5.75 Å². The second-order valence-electron chi connectivity index (χ2n) is 9.99. The molecule has 0 aromatic heterocycles. The first-order valence-corrected chi connectivity index (χ1v) is 16.8. The first kappa shape index (κ1) is 33.1. The van der Waals surface area contributed by atoms with Crippen LogP contribution >= 0.6 is 15.9 Å². The lowest BCUT2D eigenvalue weighted by atomic mass is 10.0. The van der Waals surface area contributed by atoms with Gasteiger partial charge in [-0.25, -0.2) is 8.42 Å². The maximum atomic E-state index is 13.9. The normalized spacial score (nSPS) is 11.9. The molecule has 0 fully saturated rings. The zero-order valence-electron chi connectivity index (χ0n) is 24.5. The van der Waals surface area contributed by atoms with Crippen LogP contribution in [0.1, 0.15) is 44.2 Å². The van der Waals surface area contributed by atoms with E-state index in [1.807, 2.05) is 68.4 Å². The number of benzene rings is 3. The molecule has 10 heteroatoms. The molecular formula is C32H40BrN3O5S. The van der Waals surface area contributed by atoms with Crippen LogP contribution in [-0.4, -0.2) is 57.1 Å². The summed E-state index contributed by atoms with van der Waals surface area (Å²) >= 11 is 3.50. The number of carbonyl (C=O) groups excluding carboxylic acids is 2. The van der Waals surface area contributed by atoms with Crippen LogP contribution in [0.25, 0.3) is 0 Å². The zero-order chi connectivity index (χ0) is 30.5. The van der Waals surface area contributed by atoms with Gasteiger partial charge in [0.2, 0.25) is 21.8 Å². The van der Waals surface area contributed by atoms with Crippen LogP contribution in [0.3, 0.4) is 0 Å². The minimum Gasteiger partial charge on any atom is -0.492 e. The summed E-state index contributed by atoms with van der Waals surface area (Å²) in [5.41, 5.74) is 2.25. The third-order valence-electron chi connectivity index (χ3n) is 6.65. The summed E-state index contributed by atoms with van der Waals surface area (Å²) in [6.07, 6.45) is 2.59. The number of nitrogens with zero attached hydrogens (tertiary/aromatic N) is 2. The van der Waals surface area contributed by atoms with Gasteiger partial charge in [0.05, 0.1) is 18.6 Å². The van der Waals surface area contributed by atoms with Gasteiger partial charge < -0.3 is 15.0 Å². The van der Waals surface area contributed by atoms with E-state index in [0.29, 0.717) is 31.0 Å². The van der Waals surface area contributed by atoms with Crippen LogP contribution in [0.2, 0.25) is 0 Å². The van der Waals surface area contributed by atoms with E-state index in [1.165, 1.54) is 4.31 Å². The predicted octanol–water partition coefficient (Wildman–Crippen LogP) is 5.56. The highest BCUT2D eigenvalue weighted by Crippen LogP contribution is 2.30. The molecule has 0 aliphatic carbocycles. The number of nitrogens with one attached hydrogen (secondary N) is 1. The predicted molar refractivity (Wildman–Crippen MR) is 171 cm³/mol. The van der Waals surface area contributed by atoms with Gasteiger partial charge in [0.1, 0.15) is 11.8 Å². The second kappa shape index (κ2) is 16.3. The van der Waals surface area contributed by atoms with E-state index in [2.05, 4.69) is 21.2 Å². The molecule has 42 heavy (non-hydrogen) atoms. The fourth-order valence-corrected chi connectivity index (χ4v) is 6.09. The molecule has 1 atom stereocenters. The summed E-state index contributed by atoms with van der Waals surface area (Å²) < 4.78 is 33.4. The van der Waals surface area contributed by atoms with Gasteiger partial charge >= 0.3 is 0 Å². The van der Waals surface area contributed by atoms with Crippen molar-refractivity contribution < 1.29 is 22.7 Å². The molecule has 1 unspecified atom stereocenters. The summed E-state index contributed by atoms with van der Waals surface area (Å²) in [5.74, 6) is 0.0186. The maximum absolute atomic E-state index is 13.9. The van der Waals surface area contributed by atoms with Crippen molar-refractivity contribution in [2.24, 2.45) is 0 Å². The second-order valence-corrected chi connectivity index (χ2v) is 12.8. The fourth-order valence-electron chi connectivity index (χ4n) is 4.68. The summed E-state index contributed by atoms with van der Waals surface area (Å²) in [6, 6.07) is 23.5. The Balaban J connectivity index is 1.89. The highest BCUT2D eigenvalue weighted by Gasteiger charge is 2.30. The van der Waals surface area contributed by atoms with Crippen LogP contribution in [0, 0.1) is 0 Å². The molecule has 0 heterocycles. The quantitative estimate of drug-likeness (QED) is 0.218. The molecule has 0 saturated carbocycles. The number of halogens is 1. The highest BCUT2D eigenvalue weighted by molar-refractivity contribution is 9.10. The molecule has 226 valence electrons. The molecule has 3 aromatic rings. The SMILES string of the molecule is CCCNC(=O)C(Cc1ccccc1)N(Cc1cccc(Br)c1)C(=O)CCCN(c1ccccc1OCC)S(C)(=O)=O. The first-order chi connectivity index (χ1) is 20.1. The minimum atomic E-state index is -3.65. The molecule has 0 bridgehead atoms. The van der Waals surface area contributed by atoms with Crippen LogP contribution in [0.15, 0.2) is 83.3 Å². The molecule has 3 rings (SSSR count). The van der Waals surface area contributed by atoms with E-state index < -0.39 is 16.1 Å². The molecule has 1 N–H and O–H groups in total. The number of para-hydroxylation sites is 2. The number of sulfonamides is 1. The third-order valence-corrected chi connectivity index (χ3v) is 8.32. The summed E-state index contributed by atoms with van der Waals surface area (Å²) in [6.45, 7) is 5.03. The van der Waals surface area contributed by atoms with Crippen LogP contribution in [-0.2, 0) is 32.6 Å². The Kier molecular flexibility index (Phi) is 12.9. The minimum absolute atomic E-state index is 0.0587. The van der Waals surface area contributed by atoms with Gasteiger partial charge in [-0.2, -0.15) is 0 Å². The lowest BCUT2D eigenvalue weighted by molar-refractivity contribution is -0.141. The molecule has 8 nitrogen and oxygen atoms in total. The van der Waals surface area contributed by atoms with E-state index in [9.17, 15) is 18.0 Å². The Labute approximate surface area is 258 Å². The van der Waals surface area contributed by atoms with Gasteiger partial charge in [0.25, 0.3) is 0 Å². The number of hydrogen-bond donors (Lipinski definition) is 1. The average molecular weight is 659 g/mol. The Morgan fingerprint density at radius 3 is 2.31 bits per heavy atom. The lowest BCUT2D eigenvalue weighted by Crippen LogP contribution is -2.50. The number of carbonyl (C=O) groups is 2. The lowest BCUT2D eigenvalue weighted by Gasteiger charge is -2.32. The van der Waals surface area contributed by atoms with E-state index >= 15 is 0 Å². The van der Waals surface area contributed by atoms with Crippen molar-refractivity contribution in [3.05, 3.63) is 94.5 Å². The van der Waals surface area contributed by atoms with Gasteiger partial charge in [-0.05, 0) is 55.2 Å². The molecule has 0 spiro atoms. The molecule has 0 aliphatic heterocycles. The van der Waals surface area contributed by atoms with Crippen molar-refractivity contribution >= 4 is 43.5 Å². The van der Waals surface area contributed by atoms with Gasteiger partial charge in [-0.3, -0.25) is 13.9 Å². The van der Waals surface area contributed by atoms with E-state index in [-0.39, 0.29) is 37.7 Å². The summed E-state index contributed by atoms with van der Waals surface area (Å²) in [7, 11) is -3.65. The van der Waals surface area contributed by atoms with Crippen LogP contribution < -0.4 is 14.4 Å². The largest absolute Gasteiger partial charge is 0.492 e. The van der Waals surface area contributed by atoms with E-state index in [0.717, 1.165) is 28.3 Å². The Hall–Kier alpha value is -3.37. The smallest absolute Gasteiger partial charge is 0.243 e. The first-order valence-electron chi connectivity index (χ1n) is 14.2. The van der Waals surface area contributed by atoms with Crippen molar-refractivity contribution in [3.63, 3.8) is 0 Å². The van der Waals surface area contributed by atoms with Gasteiger partial charge in [-0.15, -0.1) is 0 Å². The standard InChI is InChI=1S/C32H40BrN3O5S/c1-4-20-34-32(38)29(23-25-13-7-6-8-14-25)35(24-26-15-11-16-27(33)22-26)31(37)19-12-21-36(42(3,39)40)28-17-9-10-18-30(28)41-5-2/h6-11,13-18,22,29H,4-5,12,19-21,23-24H2,1-3H3,(H,34,38). The number of amides is 2. The van der Waals surface area contributed by atoms with Gasteiger partial charge in [0.15, 0.2) is 0 Å². The van der Waals surface area contributed by atoms with Crippen molar-refractivity contribution in [2.75, 3.05) is 30.3 Å². The summed E-state index contributed by atoms with van der Waals surface area (Å²) in [4.78, 5) is 29.0. The number of anilines is 1. The topological polar surface area (TPSA) is 96.0 Å². The Morgan fingerprint density at radius 2 is 1.64 bits per heavy atom. The van der Waals surface area contributed by atoms with Gasteiger partial charge in [0, 0.05) is 36.9 Å². The maximum Gasteiger partial charge on any atom is 0.243 e. The van der Waals surface area contributed by atoms with Crippen molar-refractivity contribution in [1.82, 2.24) is 10.2 Å². The van der Waals surface area contributed by atoms with E-state index in [1.54, 1.807) is 29.2 Å². The highest BCUT2D eigenvalue weighted by atomic mass is 79.9. The number of hydrogen-bond acceptors (Lipinski definition) is 5. The zero-order valence-corrected chi connectivity index (χ0v) is 26.9. The van der Waals surface area contributed by atoms with Crippen molar-refractivity contribution in [2.45, 2.75) is 52.1 Å². The van der Waals surface area contributed by atoms with Gasteiger partial charge in [-0.1, -0.05) is 77.5 Å². The van der Waals surface area contributed by atoms with E-state index in [4.69, 9.17) is 4.74 Å². The third kappa shape index (κ3) is 9.87. The summed E-state index contributed by atoms with van der Waals surface area (Å²) in [5, 5.41) is 2.98.